The molecule has 1 N–H and O–H groups in total. The molecular formula is C15H14FNO2. The molecule has 1 amide bonds. The second kappa shape index (κ2) is 6.00. The predicted octanol–water partition coefficient (Wildman–Crippen LogP) is 3.02. The van der Waals surface area contributed by atoms with Crippen LogP contribution < -0.4 is 10.1 Å². The van der Waals surface area contributed by atoms with Crippen molar-refractivity contribution in [2.45, 2.75) is 6.42 Å². The molecule has 0 aliphatic heterocycles. The van der Waals surface area contributed by atoms with Crippen LogP contribution in [0.3, 0.4) is 0 Å². The third-order valence-corrected chi connectivity index (χ3v) is 2.65. The van der Waals surface area contributed by atoms with Crippen LogP contribution in [0.15, 0.2) is 48.5 Å². The lowest BCUT2D eigenvalue weighted by Gasteiger charge is -2.07. The van der Waals surface area contributed by atoms with Crippen LogP contribution in [0.1, 0.15) is 5.56 Å². The topological polar surface area (TPSA) is 38.3 Å². The molecule has 0 aliphatic rings. The molecule has 0 radical (unpaired) electrons. The zero-order chi connectivity index (χ0) is 13.7. The van der Waals surface area contributed by atoms with Gasteiger partial charge in [0.05, 0.1) is 19.2 Å². The summed E-state index contributed by atoms with van der Waals surface area (Å²) in [6.45, 7) is 0. The van der Waals surface area contributed by atoms with Gasteiger partial charge < -0.3 is 10.1 Å². The number of anilines is 1. The van der Waals surface area contributed by atoms with Crippen LogP contribution in [0.2, 0.25) is 0 Å². The minimum Gasteiger partial charge on any atom is -0.497 e. The summed E-state index contributed by atoms with van der Waals surface area (Å²) in [4.78, 5) is 11.8. The standard InChI is InChI=1S/C15H14FNO2/c1-19-12-6-4-5-11(9-12)10-15(18)17-14-8-3-2-7-13(14)16/h2-9H,10H2,1H3,(H,17,18). The lowest BCUT2D eigenvalue weighted by atomic mass is 10.1. The zero-order valence-corrected chi connectivity index (χ0v) is 10.5. The van der Waals surface area contributed by atoms with E-state index in [9.17, 15) is 9.18 Å². The van der Waals surface area contributed by atoms with Crippen LogP contribution in [0.5, 0.6) is 5.75 Å². The first-order valence-corrected chi connectivity index (χ1v) is 5.86. The quantitative estimate of drug-likeness (QED) is 0.916. The van der Waals surface area contributed by atoms with E-state index in [0.29, 0.717) is 5.75 Å². The smallest absolute Gasteiger partial charge is 0.228 e. The minimum absolute atomic E-state index is 0.172. The van der Waals surface area contributed by atoms with Crippen LogP contribution in [0.4, 0.5) is 10.1 Å². The summed E-state index contributed by atoms with van der Waals surface area (Å²) < 4.78 is 18.5. The van der Waals surface area contributed by atoms with Crippen molar-refractivity contribution in [2.75, 3.05) is 12.4 Å². The van der Waals surface area contributed by atoms with Crippen LogP contribution in [-0.2, 0) is 11.2 Å². The highest BCUT2D eigenvalue weighted by atomic mass is 19.1. The lowest BCUT2D eigenvalue weighted by Crippen LogP contribution is -2.15. The Morgan fingerprint density at radius 2 is 2.00 bits per heavy atom. The first kappa shape index (κ1) is 13.1. The van der Waals surface area contributed by atoms with Crippen LogP contribution in [0.25, 0.3) is 0 Å². The number of carbonyl (C=O) groups is 1. The number of halogens is 1. The van der Waals surface area contributed by atoms with E-state index in [1.165, 1.54) is 12.1 Å². The van der Waals surface area contributed by atoms with E-state index in [-0.39, 0.29) is 18.0 Å². The van der Waals surface area contributed by atoms with Gasteiger partial charge in [-0.1, -0.05) is 24.3 Å². The third-order valence-electron chi connectivity index (χ3n) is 2.65. The van der Waals surface area contributed by atoms with Crippen molar-refractivity contribution in [2.24, 2.45) is 0 Å². The van der Waals surface area contributed by atoms with Crippen molar-refractivity contribution >= 4 is 11.6 Å². The highest BCUT2D eigenvalue weighted by molar-refractivity contribution is 5.92. The molecular weight excluding hydrogens is 245 g/mol. The van der Waals surface area contributed by atoms with E-state index in [4.69, 9.17) is 4.74 Å². The Balaban J connectivity index is 2.03. The first-order valence-electron chi connectivity index (χ1n) is 5.86. The molecule has 0 spiro atoms. The van der Waals surface area contributed by atoms with Crippen molar-refractivity contribution in [3.8, 4) is 5.75 Å². The Hall–Kier alpha value is -2.36. The number of hydrogen-bond donors (Lipinski definition) is 1. The summed E-state index contributed by atoms with van der Waals surface area (Å²) in [6, 6.07) is 13.3. The summed E-state index contributed by atoms with van der Waals surface area (Å²) in [5, 5.41) is 2.54. The monoisotopic (exact) mass is 259 g/mol. The maximum absolute atomic E-state index is 13.4. The van der Waals surface area contributed by atoms with Gasteiger partial charge in [0.25, 0.3) is 0 Å². The zero-order valence-electron chi connectivity index (χ0n) is 10.5. The Kier molecular flexibility index (Phi) is 4.13. The highest BCUT2D eigenvalue weighted by Gasteiger charge is 2.07. The van der Waals surface area contributed by atoms with Gasteiger partial charge in [-0.2, -0.15) is 0 Å². The SMILES string of the molecule is COc1cccc(CC(=O)Nc2ccccc2F)c1. The predicted molar refractivity (Wildman–Crippen MR) is 71.7 cm³/mol. The van der Waals surface area contributed by atoms with Gasteiger partial charge in [-0.15, -0.1) is 0 Å². The molecule has 98 valence electrons. The minimum atomic E-state index is -0.443. The van der Waals surface area contributed by atoms with Gasteiger partial charge in [-0.3, -0.25) is 4.79 Å². The summed E-state index contributed by atoms with van der Waals surface area (Å²) in [5.41, 5.74) is 1.00. The van der Waals surface area contributed by atoms with E-state index < -0.39 is 5.82 Å². The number of carbonyl (C=O) groups excluding carboxylic acids is 1. The summed E-state index contributed by atoms with van der Waals surface area (Å²) in [7, 11) is 1.57. The average Bonchev–Trinajstić information content (AvgIpc) is 2.41. The van der Waals surface area contributed by atoms with Gasteiger partial charge in [0.2, 0.25) is 5.91 Å². The van der Waals surface area contributed by atoms with Crippen molar-refractivity contribution < 1.29 is 13.9 Å². The molecule has 19 heavy (non-hydrogen) atoms. The fourth-order valence-corrected chi connectivity index (χ4v) is 1.72. The van der Waals surface area contributed by atoms with Crippen molar-refractivity contribution in [1.29, 1.82) is 0 Å². The molecule has 3 nitrogen and oxygen atoms in total. The molecule has 0 heterocycles. The largest absolute Gasteiger partial charge is 0.497 e. The van der Waals surface area contributed by atoms with E-state index >= 15 is 0 Å². The molecule has 0 atom stereocenters. The van der Waals surface area contributed by atoms with E-state index in [1.54, 1.807) is 31.4 Å². The number of rotatable bonds is 4. The number of para-hydroxylation sites is 1. The van der Waals surface area contributed by atoms with Crippen LogP contribution >= 0.6 is 0 Å². The summed E-state index contributed by atoms with van der Waals surface area (Å²) in [5.74, 6) is -0.0176. The number of hydrogen-bond acceptors (Lipinski definition) is 2. The highest BCUT2D eigenvalue weighted by Crippen LogP contribution is 2.15. The number of ether oxygens (including phenoxy) is 1. The Morgan fingerprint density at radius 3 is 2.74 bits per heavy atom. The molecule has 4 heteroatoms. The fourth-order valence-electron chi connectivity index (χ4n) is 1.72. The molecule has 0 unspecified atom stereocenters. The molecule has 0 bridgehead atoms. The van der Waals surface area contributed by atoms with Crippen molar-refractivity contribution in [1.82, 2.24) is 0 Å². The van der Waals surface area contributed by atoms with Gasteiger partial charge in [-0.25, -0.2) is 4.39 Å². The maximum atomic E-state index is 13.4. The molecule has 0 aromatic heterocycles. The molecule has 2 rings (SSSR count). The molecule has 0 saturated carbocycles. The van der Waals surface area contributed by atoms with E-state index in [0.717, 1.165) is 5.56 Å². The van der Waals surface area contributed by atoms with Gasteiger partial charge in [0.1, 0.15) is 11.6 Å². The van der Waals surface area contributed by atoms with Gasteiger partial charge in [0.15, 0.2) is 0 Å². The van der Waals surface area contributed by atoms with Gasteiger partial charge in [0, 0.05) is 0 Å². The molecule has 2 aromatic carbocycles. The van der Waals surface area contributed by atoms with Crippen molar-refractivity contribution in [3.05, 3.63) is 59.9 Å². The van der Waals surface area contributed by atoms with Crippen LogP contribution in [0, 0.1) is 5.82 Å². The number of methoxy groups -OCH3 is 1. The Bertz CT molecular complexity index is 584. The number of amides is 1. The fraction of sp³-hybridized carbons (Fsp3) is 0.133. The first-order chi connectivity index (χ1) is 9.19. The van der Waals surface area contributed by atoms with Gasteiger partial charge >= 0.3 is 0 Å². The third kappa shape index (κ3) is 3.55. The Labute approximate surface area is 111 Å². The van der Waals surface area contributed by atoms with Gasteiger partial charge in [-0.05, 0) is 29.8 Å². The molecule has 0 fully saturated rings. The van der Waals surface area contributed by atoms with E-state index in [2.05, 4.69) is 5.32 Å². The van der Waals surface area contributed by atoms with Crippen molar-refractivity contribution in [3.63, 3.8) is 0 Å². The number of nitrogens with one attached hydrogen (secondary N) is 1. The molecule has 0 aliphatic carbocycles. The van der Waals surface area contributed by atoms with Crippen LogP contribution in [-0.4, -0.2) is 13.0 Å². The summed E-state index contributed by atoms with van der Waals surface area (Å²) in [6.07, 6.45) is 0.172. The second-order valence-electron chi connectivity index (χ2n) is 4.06. The lowest BCUT2D eigenvalue weighted by molar-refractivity contribution is -0.115. The summed E-state index contributed by atoms with van der Waals surface area (Å²) >= 11 is 0. The number of benzene rings is 2. The second-order valence-corrected chi connectivity index (χ2v) is 4.06. The normalized spacial score (nSPS) is 10.0. The Morgan fingerprint density at radius 1 is 1.21 bits per heavy atom. The average molecular weight is 259 g/mol. The molecule has 0 saturated heterocycles. The van der Waals surface area contributed by atoms with E-state index in [1.807, 2.05) is 12.1 Å². The maximum Gasteiger partial charge on any atom is 0.228 e. The molecule has 2 aromatic rings.